The van der Waals surface area contributed by atoms with Crippen molar-refractivity contribution >= 4 is 72.1 Å². The molecule has 40 heavy (non-hydrogen) atoms. The molecule has 0 bridgehead atoms. The van der Waals surface area contributed by atoms with E-state index in [1.165, 1.54) is 11.5 Å². The van der Waals surface area contributed by atoms with Gasteiger partial charge < -0.3 is 9.84 Å². The molecular formula is C31H24N2O4S3. The second kappa shape index (κ2) is 10.8. The van der Waals surface area contributed by atoms with Crippen LogP contribution in [0.15, 0.2) is 78.9 Å². The summed E-state index contributed by atoms with van der Waals surface area (Å²) in [5, 5.41) is 14.3. The van der Waals surface area contributed by atoms with Crippen LogP contribution in [-0.2, 0) is 16.0 Å². The van der Waals surface area contributed by atoms with Gasteiger partial charge in [-0.1, -0.05) is 66.7 Å². The average molecular weight is 585 g/mol. The number of nitrogens with zero attached hydrogens (tertiary/aromatic N) is 1. The van der Waals surface area contributed by atoms with Gasteiger partial charge in [-0.05, 0) is 65.0 Å². The minimum Gasteiger partial charge on any atom is -0.481 e. The monoisotopic (exact) mass is 584 g/mol. The first-order valence-electron chi connectivity index (χ1n) is 12.6. The molecule has 1 unspecified atom stereocenters. The van der Waals surface area contributed by atoms with Crippen LogP contribution in [-0.4, -0.2) is 21.5 Å². The molecule has 9 heteroatoms. The van der Waals surface area contributed by atoms with Crippen molar-refractivity contribution in [2.75, 3.05) is 5.32 Å². The highest BCUT2D eigenvalue weighted by Gasteiger charge is 2.21. The maximum absolute atomic E-state index is 12.8. The molecule has 2 N–H and O–H groups in total. The molecule has 0 radical (unpaired) electrons. The Bertz CT molecular complexity index is 1840. The molecule has 0 spiro atoms. The van der Waals surface area contributed by atoms with Crippen molar-refractivity contribution in [2.24, 2.45) is 0 Å². The number of carboxylic acid groups (broad SMARTS) is 1. The number of fused-ring (bicyclic) bond motifs is 2. The molecule has 6 rings (SSSR count). The lowest BCUT2D eigenvalue weighted by atomic mass is 9.97. The van der Waals surface area contributed by atoms with Crippen LogP contribution in [0.2, 0.25) is 0 Å². The number of amides is 1. The number of thiophene rings is 2. The van der Waals surface area contributed by atoms with Crippen LogP contribution in [0.1, 0.15) is 29.8 Å². The molecule has 0 fully saturated rings. The second-order valence-electron chi connectivity index (χ2n) is 9.39. The Balaban J connectivity index is 1.27. The van der Waals surface area contributed by atoms with Crippen molar-refractivity contribution < 1.29 is 19.4 Å². The van der Waals surface area contributed by atoms with Crippen molar-refractivity contribution in [2.45, 2.75) is 26.4 Å². The Kier molecular flexibility index (Phi) is 7.10. The van der Waals surface area contributed by atoms with Crippen LogP contribution < -0.4 is 5.32 Å². The van der Waals surface area contributed by atoms with Gasteiger partial charge in [-0.25, -0.2) is 4.79 Å². The van der Waals surface area contributed by atoms with Crippen molar-refractivity contribution in [1.82, 2.24) is 4.37 Å². The van der Waals surface area contributed by atoms with Gasteiger partial charge in [-0.2, -0.15) is 4.37 Å². The molecule has 1 atom stereocenters. The summed E-state index contributed by atoms with van der Waals surface area (Å²) >= 11 is 4.72. The predicted molar refractivity (Wildman–Crippen MR) is 165 cm³/mol. The van der Waals surface area contributed by atoms with Crippen LogP contribution in [0.3, 0.4) is 0 Å². The fourth-order valence-corrected chi connectivity index (χ4v) is 8.12. The number of anilines is 1. The lowest BCUT2D eigenvalue weighted by molar-refractivity contribution is -0.136. The van der Waals surface area contributed by atoms with Crippen LogP contribution in [0.25, 0.3) is 40.4 Å². The van der Waals surface area contributed by atoms with Crippen LogP contribution in [0.4, 0.5) is 10.5 Å². The second-order valence-corrected chi connectivity index (χ2v) is 12.3. The Morgan fingerprint density at radius 3 is 2.35 bits per heavy atom. The zero-order chi connectivity index (χ0) is 27.8. The number of hydrogen-bond acceptors (Lipinski definition) is 7. The highest BCUT2D eigenvalue weighted by Crippen LogP contribution is 2.46. The summed E-state index contributed by atoms with van der Waals surface area (Å²) < 4.78 is 12.4. The minimum atomic E-state index is -0.840. The molecule has 6 aromatic rings. The summed E-state index contributed by atoms with van der Waals surface area (Å²) in [7, 11) is 0. The number of ether oxygens (including phenoxy) is 1. The van der Waals surface area contributed by atoms with E-state index >= 15 is 0 Å². The quantitative estimate of drug-likeness (QED) is 0.195. The van der Waals surface area contributed by atoms with Crippen LogP contribution in [0, 0.1) is 6.92 Å². The van der Waals surface area contributed by atoms with Gasteiger partial charge in [0, 0.05) is 14.3 Å². The van der Waals surface area contributed by atoms with E-state index < -0.39 is 12.1 Å². The maximum atomic E-state index is 12.8. The van der Waals surface area contributed by atoms with Gasteiger partial charge in [0.15, 0.2) is 0 Å². The molecule has 3 heterocycles. The largest absolute Gasteiger partial charge is 0.481 e. The third-order valence-electron chi connectivity index (χ3n) is 6.69. The highest BCUT2D eigenvalue weighted by atomic mass is 32.1. The van der Waals surface area contributed by atoms with Gasteiger partial charge in [0.05, 0.1) is 27.6 Å². The first kappa shape index (κ1) is 26.2. The van der Waals surface area contributed by atoms with Crippen molar-refractivity contribution in [3.8, 4) is 20.2 Å². The molecule has 3 aromatic heterocycles. The predicted octanol–water partition coefficient (Wildman–Crippen LogP) is 9.15. The average Bonchev–Trinajstić information content (AvgIpc) is 3.62. The van der Waals surface area contributed by atoms with E-state index in [0.717, 1.165) is 57.2 Å². The Hall–Kier alpha value is -4.05. The van der Waals surface area contributed by atoms with Gasteiger partial charge in [-0.3, -0.25) is 10.1 Å². The number of aryl methyl sites for hydroxylation is 1. The lowest BCUT2D eigenvalue weighted by Crippen LogP contribution is -2.16. The Morgan fingerprint density at radius 2 is 1.60 bits per heavy atom. The smallest absolute Gasteiger partial charge is 0.412 e. The number of carbonyl (C=O) groups excluding carboxylic acids is 1. The van der Waals surface area contributed by atoms with Crippen molar-refractivity contribution in [3.05, 3.63) is 95.7 Å². The molecule has 0 saturated heterocycles. The highest BCUT2D eigenvalue weighted by molar-refractivity contribution is 7.32. The topological polar surface area (TPSA) is 88.5 Å². The number of nitrogens with one attached hydrogen (secondary N) is 1. The SMILES string of the molecule is Cc1nsc(-c2cc3sc(-c4ccc(CC(=O)O)c5ccccc45)cc3s2)c1NC(=O)OC(C)c1ccccc1. The summed E-state index contributed by atoms with van der Waals surface area (Å²) in [6, 6.07) is 25.9. The number of carbonyl (C=O) groups is 2. The van der Waals surface area contributed by atoms with Gasteiger partial charge in [0.2, 0.25) is 0 Å². The number of hydrogen-bond donors (Lipinski definition) is 2. The van der Waals surface area contributed by atoms with E-state index in [-0.39, 0.29) is 12.5 Å². The molecule has 0 aliphatic carbocycles. The fourth-order valence-electron chi connectivity index (χ4n) is 4.74. The van der Waals surface area contributed by atoms with Crippen molar-refractivity contribution in [3.63, 3.8) is 0 Å². The summed E-state index contributed by atoms with van der Waals surface area (Å²) in [6.45, 7) is 3.73. The first-order valence-corrected chi connectivity index (χ1v) is 15.0. The van der Waals surface area contributed by atoms with Gasteiger partial charge in [0.1, 0.15) is 6.10 Å². The standard InChI is InChI=1S/C31H24N2O4S3/c1-17-29(32-31(36)37-18(2)19-8-4-3-5-9-19)30(40-33-17)27-16-26-25(39-27)15-24(38-26)23-13-12-20(14-28(34)35)21-10-6-7-11-22(21)23/h3-13,15-16,18H,14H2,1-2H3,(H,32,36)(H,34,35). The maximum Gasteiger partial charge on any atom is 0.412 e. The Labute approximate surface area is 242 Å². The minimum absolute atomic E-state index is 0.00692. The molecule has 1 amide bonds. The van der Waals surface area contributed by atoms with E-state index in [1.54, 1.807) is 22.7 Å². The fraction of sp³-hybridized carbons (Fsp3) is 0.129. The van der Waals surface area contributed by atoms with E-state index in [4.69, 9.17) is 4.74 Å². The molecule has 200 valence electrons. The molecular weight excluding hydrogens is 561 g/mol. The third-order valence-corrected chi connectivity index (χ3v) is 10.1. The van der Waals surface area contributed by atoms with Gasteiger partial charge in [0.25, 0.3) is 0 Å². The summed E-state index contributed by atoms with van der Waals surface area (Å²) in [5.41, 5.74) is 4.24. The normalized spacial score (nSPS) is 12.1. The number of carboxylic acids is 1. The molecule has 0 aliphatic rings. The summed E-state index contributed by atoms with van der Waals surface area (Å²) in [6.07, 6.45) is -0.899. The van der Waals surface area contributed by atoms with Gasteiger partial charge >= 0.3 is 12.1 Å². The van der Waals surface area contributed by atoms with Crippen LogP contribution >= 0.6 is 34.2 Å². The van der Waals surface area contributed by atoms with E-state index in [0.29, 0.717) is 5.69 Å². The van der Waals surface area contributed by atoms with E-state index in [2.05, 4.69) is 21.8 Å². The summed E-state index contributed by atoms with van der Waals surface area (Å²) in [4.78, 5) is 27.2. The zero-order valence-electron chi connectivity index (χ0n) is 21.6. The molecule has 0 saturated carbocycles. The molecule has 3 aromatic carbocycles. The van der Waals surface area contributed by atoms with Crippen LogP contribution in [0.5, 0.6) is 0 Å². The number of rotatable bonds is 7. The molecule has 6 nitrogen and oxygen atoms in total. The molecule has 0 aliphatic heterocycles. The van der Waals surface area contributed by atoms with Gasteiger partial charge in [-0.15, -0.1) is 22.7 Å². The number of aliphatic carboxylic acids is 1. The van der Waals surface area contributed by atoms with E-state index in [1.807, 2.05) is 80.6 Å². The third kappa shape index (κ3) is 5.11. The van der Waals surface area contributed by atoms with E-state index in [9.17, 15) is 14.7 Å². The summed E-state index contributed by atoms with van der Waals surface area (Å²) in [5.74, 6) is -0.840. The number of benzene rings is 3. The first-order chi connectivity index (χ1) is 19.4. The lowest BCUT2D eigenvalue weighted by Gasteiger charge is -2.14. The van der Waals surface area contributed by atoms with Crippen molar-refractivity contribution in [1.29, 1.82) is 0 Å². The Morgan fingerprint density at radius 1 is 0.925 bits per heavy atom. The number of aromatic nitrogens is 1. The zero-order valence-corrected chi connectivity index (χ0v) is 24.1.